The second kappa shape index (κ2) is 2.69. The number of aromatic nitrogens is 1. The molecule has 2 fully saturated rings. The van der Waals surface area contributed by atoms with E-state index in [9.17, 15) is 4.39 Å². The standard InChI is InChI=1S/C11H13FN2/c12-9-2-1-3-10(13-9)14-7-6-11(8-14)4-5-11/h1-3H,4-8H2. The monoisotopic (exact) mass is 192 g/mol. The Morgan fingerprint density at radius 3 is 2.79 bits per heavy atom. The Bertz CT molecular complexity index is 360. The third-order valence-electron chi connectivity index (χ3n) is 3.42. The first kappa shape index (κ1) is 8.21. The molecule has 3 heteroatoms. The van der Waals surface area contributed by atoms with Gasteiger partial charge in [-0.15, -0.1) is 0 Å². The van der Waals surface area contributed by atoms with Crippen molar-refractivity contribution in [2.75, 3.05) is 18.0 Å². The lowest BCUT2D eigenvalue weighted by molar-refractivity contribution is 0.573. The lowest BCUT2D eigenvalue weighted by Crippen LogP contribution is -2.21. The summed E-state index contributed by atoms with van der Waals surface area (Å²) >= 11 is 0. The van der Waals surface area contributed by atoms with Gasteiger partial charge in [-0.1, -0.05) is 6.07 Å². The first-order chi connectivity index (χ1) is 6.77. The molecule has 0 atom stereocenters. The smallest absolute Gasteiger partial charge is 0.214 e. The van der Waals surface area contributed by atoms with Gasteiger partial charge in [-0.3, -0.25) is 0 Å². The number of halogens is 1. The van der Waals surface area contributed by atoms with Crippen molar-refractivity contribution in [3.05, 3.63) is 24.1 Å². The molecule has 0 N–H and O–H groups in total. The van der Waals surface area contributed by atoms with Gasteiger partial charge in [0.05, 0.1) is 0 Å². The summed E-state index contributed by atoms with van der Waals surface area (Å²) in [4.78, 5) is 6.11. The molecule has 0 amide bonds. The third-order valence-corrected chi connectivity index (χ3v) is 3.42. The van der Waals surface area contributed by atoms with E-state index in [2.05, 4.69) is 9.88 Å². The average Bonchev–Trinajstić information content (AvgIpc) is 2.76. The van der Waals surface area contributed by atoms with E-state index in [4.69, 9.17) is 0 Å². The summed E-state index contributed by atoms with van der Waals surface area (Å²) in [5, 5.41) is 0. The van der Waals surface area contributed by atoms with Crippen LogP contribution < -0.4 is 4.90 Å². The van der Waals surface area contributed by atoms with Crippen molar-refractivity contribution in [1.82, 2.24) is 4.98 Å². The Balaban J connectivity index is 1.82. The van der Waals surface area contributed by atoms with E-state index in [0.717, 1.165) is 18.9 Å². The molecule has 2 aliphatic rings. The van der Waals surface area contributed by atoms with Crippen LogP contribution in [0.2, 0.25) is 0 Å². The molecule has 0 unspecified atom stereocenters. The second-order valence-electron chi connectivity index (χ2n) is 4.49. The highest BCUT2D eigenvalue weighted by molar-refractivity contribution is 5.40. The summed E-state index contributed by atoms with van der Waals surface area (Å²) in [5.74, 6) is 0.424. The predicted octanol–water partition coefficient (Wildman–Crippen LogP) is 2.21. The Morgan fingerprint density at radius 2 is 2.14 bits per heavy atom. The molecule has 2 heterocycles. The van der Waals surface area contributed by atoms with Crippen LogP contribution in [0.5, 0.6) is 0 Å². The fourth-order valence-electron chi connectivity index (χ4n) is 2.29. The zero-order valence-corrected chi connectivity index (χ0v) is 8.04. The Hall–Kier alpha value is -1.12. The van der Waals surface area contributed by atoms with Gasteiger partial charge in [-0.05, 0) is 36.8 Å². The van der Waals surface area contributed by atoms with Crippen molar-refractivity contribution in [2.45, 2.75) is 19.3 Å². The van der Waals surface area contributed by atoms with Gasteiger partial charge >= 0.3 is 0 Å². The number of pyridine rings is 1. The highest BCUT2D eigenvalue weighted by Crippen LogP contribution is 2.53. The summed E-state index contributed by atoms with van der Waals surface area (Å²) in [6.07, 6.45) is 3.95. The van der Waals surface area contributed by atoms with Crippen molar-refractivity contribution >= 4 is 5.82 Å². The van der Waals surface area contributed by atoms with Crippen LogP contribution in [-0.2, 0) is 0 Å². The maximum absolute atomic E-state index is 12.9. The molecule has 1 aromatic rings. The van der Waals surface area contributed by atoms with E-state index in [0.29, 0.717) is 5.41 Å². The molecule has 1 spiro atoms. The van der Waals surface area contributed by atoms with Gasteiger partial charge in [0.25, 0.3) is 0 Å². The van der Waals surface area contributed by atoms with Gasteiger partial charge < -0.3 is 4.90 Å². The van der Waals surface area contributed by atoms with Crippen molar-refractivity contribution in [1.29, 1.82) is 0 Å². The van der Waals surface area contributed by atoms with Gasteiger partial charge in [0.2, 0.25) is 5.95 Å². The molecule has 1 aromatic heterocycles. The maximum Gasteiger partial charge on any atom is 0.214 e. The summed E-state index contributed by atoms with van der Waals surface area (Å²) < 4.78 is 12.9. The number of rotatable bonds is 1. The van der Waals surface area contributed by atoms with Crippen LogP contribution in [0.4, 0.5) is 10.2 Å². The quantitative estimate of drug-likeness (QED) is 0.634. The minimum absolute atomic E-state index is 0.376. The predicted molar refractivity (Wildman–Crippen MR) is 52.7 cm³/mol. The molecule has 1 aliphatic carbocycles. The van der Waals surface area contributed by atoms with Crippen LogP contribution in [-0.4, -0.2) is 18.1 Å². The summed E-state index contributed by atoms with van der Waals surface area (Å²) in [5.41, 5.74) is 0.577. The number of anilines is 1. The van der Waals surface area contributed by atoms with E-state index < -0.39 is 0 Å². The molecular formula is C11H13FN2. The van der Waals surface area contributed by atoms with Crippen molar-refractivity contribution in [3.63, 3.8) is 0 Å². The SMILES string of the molecule is Fc1cccc(N2CCC3(CC3)C2)n1. The van der Waals surface area contributed by atoms with E-state index in [1.807, 2.05) is 6.07 Å². The molecule has 0 bridgehead atoms. The first-order valence-electron chi connectivity index (χ1n) is 5.15. The van der Waals surface area contributed by atoms with Crippen molar-refractivity contribution < 1.29 is 4.39 Å². The molecule has 3 rings (SSSR count). The topological polar surface area (TPSA) is 16.1 Å². The normalized spacial score (nSPS) is 23.1. The van der Waals surface area contributed by atoms with E-state index in [1.54, 1.807) is 6.07 Å². The van der Waals surface area contributed by atoms with Gasteiger partial charge in [0.1, 0.15) is 5.82 Å². The summed E-state index contributed by atoms with van der Waals surface area (Å²) in [7, 11) is 0. The zero-order chi connectivity index (χ0) is 9.60. The highest BCUT2D eigenvalue weighted by atomic mass is 19.1. The molecule has 1 aliphatic heterocycles. The molecule has 14 heavy (non-hydrogen) atoms. The van der Waals surface area contributed by atoms with E-state index in [1.165, 1.54) is 25.3 Å². The summed E-state index contributed by atoms with van der Waals surface area (Å²) in [6, 6.07) is 5.02. The lowest BCUT2D eigenvalue weighted by Gasteiger charge is -2.16. The van der Waals surface area contributed by atoms with E-state index in [-0.39, 0.29) is 5.95 Å². The van der Waals surface area contributed by atoms with Gasteiger partial charge in [0, 0.05) is 13.1 Å². The minimum atomic E-state index is -0.376. The number of hydrogen-bond donors (Lipinski definition) is 0. The Labute approximate surface area is 82.8 Å². The zero-order valence-electron chi connectivity index (χ0n) is 8.04. The molecule has 0 radical (unpaired) electrons. The van der Waals surface area contributed by atoms with Crippen LogP contribution in [0.15, 0.2) is 18.2 Å². The maximum atomic E-state index is 12.9. The third kappa shape index (κ3) is 1.27. The lowest BCUT2D eigenvalue weighted by atomic mass is 10.1. The van der Waals surface area contributed by atoms with Crippen molar-refractivity contribution in [3.8, 4) is 0 Å². The molecule has 74 valence electrons. The summed E-state index contributed by atoms with van der Waals surface area (Å²) in [6.45, 7) is 2.11. The fourth-order valence-corrected chi connectivity index (χ4v) is 2.29. The molecule has 1 saturated heterocycles. The molecular weight excluding hydrogens is 179 g/mol. The average molecular weight is 192 g/mol. The number of nitrogens with zero attached hydrogens (tertiary/aromatic N) is 2. The van der Waals surface area contributed by atoms with Crippen LogP contribution >= 0.6 is 0 Å². The first-order valence-corrected chi connectivity index (χ1v) is 5.15. The van der Waals surface area contributed by atoms with Crippen LogP contribution in [0.1, 0.15) is 19.3 Å². The van der Waals surface area contributed by atoms with Gasteiger partial charge in [-0.2, -0.15) is 4.39 Å². The largest absolute Gasteiger partial charge is 0.356 e. The van der Waals surface area contributed by atoms with Crippen molar-refractivity contribution in [2.24, 2.45) is 5.41 Å². The van der Waals surface area contributed by atoms with Crippen LogP contribution in [0.25, 0.3) is 0 Å². The molecule has 0 aromatic carbocycles. The second-order valence-corrected chi connectivity index (χ2v) is 4.49. The minimum Gasteiger partial charge on any atom is -0.356 e. The van der Waals surface area contributed by atoms with Gasteiger partial charge in [-0.25, -0.2) is 4.98 Å². The molecule has 1 saturated carbocycles. The Morgan fingerprint density at radius 1 is 1.29 bits per heavy atom. The molecule has 2 nitrogen and oxygen atoms in total. The van der Waals surface area contributed by atoms with E-state index >= 15 is 0 Å². The van der Waals surface area contributed by atoms with Gasteiger partial charge in [0.15, 0.2) is 0 Å². The fraction of sp³-hybridized carbons (Fsp3) is 0.545. The van der Waals surface area contributed by atoms with Crippen LogP contribution in [0, 0.1) is 11.4 Å². The Kier molecular flexibility index (Phi) is 1.58. The van der Waals surface area contributed by atoms with Crippen LogP contribution in [0.3, 0.4) is 0 Å². The highest BCUT2D eigenvalue weighted by Gasteiger charge is 2.47. The number of hydrogen-bond acceptors (Lipinski definition) is 2.